The molecule has 4 rings (SSSR count). The van der Waals surface area contributed by atoms with Crippen LogP contribution in [0.1, 0.15) is 11.3 Å². The number of hydrogen-bond donors (Lipinski definition) is 2. The van der Waals surface area contributed by atoms with Gasteiger partial charge in [0, 0.05) is 42.6 Å². The highest BCUT2D eigenvalue weighted by atomic mass is 32.2. The highest BCUT2D eigenvalue weighted by Gasteiger charge is 2.28. The molecule has 0 saturated heterocycles. The predicted molar refractivity (Wildman–Crippen MR) is 98.8 cm³/mol. The number of nitrogens with zero attached hydrogens (tertiary/aromatic N) is 2. The first-order valence-corrected chi connectivity index (χ1v) is 10.2. The number of nitrogens with one attached hydrogen (secondary N) is 1. The molecular weight excluding hydrogens is 370 g/mol. The zero-order valence-corrected chi connectivity index (χ0v) is 15.2. The van der Waals surface area contributed by atoms with Gasteiger partial charge in [0.25, 0.3) is 0 Å². The van der Waals surface area contributed by atoms with E-state index in [1.165, 1.54) is 12.5 Å². The molecule has 1 atom stereocenters. The van der Waals surface area contributed by atoms with Gasteiger partial charge in [0.15, 0.2) is 9.84 Å². The Morgan fingerprint density at radius 1 is 1.33 bits per heavy atom. The van der Waals surface area contributed by atoms with Crippen LogP contribution in [-0.2, 0) is 22.8 Å². The number of carbonyl (C=O) groups is 1. The molecule has 2 N–H and O–H groups in total. The van der Waals surface area contributed by atoms with Crippen molar-refractivity contribution >= 4 is 26.8 Å². The molecule has 27 heavy (non-hydrogen) atoms. The molecule has 1 aliphatic heterocycles. The van der Waals surface area contributed by atoms with Crippen molar-refractivity contribution in [1.82, 2.24) is 14.9 Å². The SMILES string of the molecule is CS(=O)(=O)C1Cc2nccc(Oc3ccc4c(ccn4C(=O)O)c3)c2CN1. The molecule has 9 heteroatoms. The van der Waals surface area contributed by atoms with Crippen LogP contribution in [0.15, 0.2) is 42.7 Å². The molecule has 0 aliphatic carbocycles. The van der Waals surface area contributed by atoms with Crippen molar-refractivity contribution in [3.8, 4) is 11.5 Å². The quantitative estimate of drug-likeness (QED) is 0.710. The molecule has 8 nitrogen and oxygen atoms in total. The minimum absolute atomic E-state index is 0.284. The van der Waals surface area contributed by atoms with Gasteiger partial charge in [-0.1, -0.05) is 0 Å². The monoisotopic (exact) mass is 387 g/mol. The Morgan fingerprint density at radius 2 is 2.15 bits per heavy atom. The number of carboxylic acid groups (broad SMARTS) is 1. The predicted octanol–water partition coefficient (Wildman–Crippen LogP) is 2.37. The van der Waals surface area contributed by atoms with Gasteiger partial charge in [-0.3, -0.25) is 14.9 Å². The van der Waals surface area contributed by atoms with Gasteiger partial charge in [-0.2, -0.15) is 0 Å². The van der Waals surface area contributed by atoms with Gasteiger partial charge in [0.2, 0.25) is 0 Å². The Hall–Kier alpha value is -2.91. The second kappa shape index (κ2) is 6.36. The lowest BCUT2D eigenvalue weighted by Gasteiger charge is -2.25. The highest BCUT2D eigenvalue weighted by Crippen LogP contribution is 2.31. The average molecular weight is 387 g/mol. The fourth-order valence-corrected chi connectivity index (χ4v) is 4.07. The second-order valence-corrected chi connectivity index (χ2v) is 8.66. The average Bonchev–Trinajstić information content (AvgIpc) is 3.04. The lowest BCUT2D eigenvalue weighted by Crippen LogP contribution is -2.41. The van der Waals surface area contributed by atoms with E-state index in [1.54, 1.807) is 36.5 Å². The first-order valence-electron chi connectivity index (χ1n) is 8.24. The van der Waals surface area contributed by atoms with E-state index >= 15 is 0 Å². The molecule has 2 aromatic heterocycles. The Morgan fingerprint density at radius 3 is 2.89 bits per heavy atom. The summed E-state index contributed by atoms with van der Waals surface area (Å²) in [6.45, 7) is 0.341. The summed E-state index contributed by atoms with van der Waals surface area (Å²) in [6.07, 6.45) is 3.52. The standard InChI is InChI=1S/C18H17N3O5S/c1-27(24,25)17-9-14-13(10-20-17)16(4-6-19-14)26-12-2-3-15-11(8-12)5-7-21(15)18(22)23/h2-8,17,20H,9-10H2,1H3,(H,22,23). The molecule has 3 aromatic rings. The van der Waals surface area contributed by atoms with Gasteiger partial charge < -0.3 is 9.84 Å². The molecule has 0 saturated carbocycles. The van der Waals surface area contributed by atoms with E-state index in [-0.39, 0.29) is 6.42 Å². The summed E-state index contributed by atoms with van der Waals surface area (Å²) in [5, 5.41) is 12.3. The van der Waals surface area contributed by atoms with E-state index in [0.29, 0.717) is 29.3 Å². The normalized spacial score (nSPS) is 16.9. The third-order valence-electron chi connectivity index (χ3n) is 4.60. The summed E-state index contributed by atoms with van der Waals surface area (Å²) in [4.78, 5) is 15.5. The Bertz CT molecular complexity index is 1150. The zero-order valence-electron chi connectivity index (χ0n) is 14.4. The second-order valence-electron chi connectivity index (χ2n) is 6.43. The van der Waals surface area contributed by atoms with Gasteiger partial charge in [0.05, 0.1) is 11.2 Å². The third-order valence-corrected chi connectivity index (χ3v) is 5.97. The topological polar surface area (TPSA) is 111 Å². The van der Waals surface area contributed by atoms with E-state index in [2.05, 4.69) is 10.3 Å². The van der Waals surface area contributed by atoms with Crippen LogP contribution in [0.25, 0.3) is 10.9 Å². The Balaban J connectivity index is 1.64. The molecule has 1 aromatic carbocycles. The van der Waals surface area contributed by atoms with E-state index in [4.69, 9.17) is 9.84 Å². The molecule has 0 amide bonds. The van der Waals surface area contributed by atoms with Crippen molar-refractivity contribution < 1.29 is 23.1 Å². The minimum Gasteiger partial charge on any atom is -0.464 e. The lowest BCUT2D eigenvalue weighted by atomic mass is 10.1. The van der Waals surface area contributed by atoms with Crippen LogP contribution in [0.3, 0.4) is 0 Å². The molecule has 0 fully saturated rings. The van der Waals surface area contributed by atoms with Crippen LogP contribution in [0, 0.1) is 0 Å². The molecule has 0 spiro atoms. The van der Waals surface area contributed by atoms with Gasteiger partial charge in [-0.15, -0.1) is 0 Å². The molecular formula is C18H17N3O5S. The maximum Gasteiger partial charge on any atom is 0.415 e. The van der Waals surface area contributed by atoms with Crippen molar-refractivity contribution in [3.05, 3.63) is 54.0 Å². The number of sulfone groups is 1. The lowest BCUT2D eigenvalue weighted by molar-refractivity contribution is 0.197. The van der Waals surface area contributed by atoms with Crippen molar-refractivity contribution in [2.75, 3.05) is 6.26 Å². The summed E-state index contributed by atoms with van der Waals surface area (Å²) in [5.74, 6) is 1.15. The molecule has 0 bridgehead atoms. The maximum absolute atomic E-state index is 11.8. The van der Waals surface area contributed by atoms with Crippen LogP contribution in [0.4, 0.5) is 4.79 Å². The van der Waals surface area contributed by atoms with E-state index in [1.807, 2.05) is 0 Å². The molecule has 140 valence electrons. The summed E-state index contributed by atoms with van der Waals surface area (Å²) < 4.78 is 30.7. The van der Waals surface area contributed by atoms with Crippen molar-refractivity contribution in [2.45, 2.75) is 18.3 Å². The number of ether oxygens (including phenoxy) is 1. The largest absolute Gasteiger partial charge is 0.464 e. The number of aromatic nitrogens is 2. The molecule has 3 heterocycles. The first-order chi connectivity index (χ1) is 12.8. The number of fused-ring (bicyclic) bond motifs is 2. The van der Waals surface area contributed by atoms with Crippen molar-refractivity contribution in [3.63, 3.8) is 0 Å². The Kier molecular flexibility index (Phi) is 4.12. The van der Waals surface area contributed by atoms with Crippen molar-refractivity contribution in [1.29, 1.82) is 0 Å². The van der Waals surface area contributed by atoms with Crippen molar-refractivity contribution in [2.24, 2.45) is 0 Å². The summed E-state index contributed by atoms with van der Waals surface area (Å²) in [7, 11) is -3.21. The summed E-state index contributed by atoms with van der Waals surface area (Å²) in [5.41, 5.74) is 2.09. The van der Waals surface area contributed by atoms with Crippen LogP contribution in [-0.4, -0.2) is 40.8 Å². The number of hydrogen-bond acceptors (Lipinski definition) is 6. The smallest absolute Gasteiger partial charge is 0.415 e. The van der Waals surface area contributed by atoms with Crippen LogP contribution >= 0.6 is 0 Å². The summed E-state index contributed by atoms with van der Waals surface area (Å²) >= 11 is 0. The maximum atomic E-state index is 11.8. The van der Waals surface area contributed by atoms with Crippen LogP contribution in [0.2, 0.25) is 0 Å². The van der Waals surface area contributed by atoms with Gasteiger partial charge >= 0.3 is 6.09 Å². The molecule has 1 aliphatic rings. The minimum atomic E-state index is -3.21. The summed E-state index contributed by atoms with van der Waals surface area (Å²) in [6, 6.07) is 8.58. The van der Waals surface area contributed by atoms with Crippen LogP contribution in [0.5, 0.6) is 11.5 Å². The number of benzene rings is 1. The van der Waals surface area contributed by atoms with Gasteiger partial charge in [-0.25, -0.2) is 13.2 Å². The van der Waals surface area contributed by atoms with E-state index in [0.717, 1.165) is 15.5 Å². The molecule has 0 radical (unpaired) electrons. The van der Waals surface area contributed by atoms with Crippen LogP contribution < -0.4 is 10.1 Å². The number of rotatable bonds is 3. The van der Waals surface area contributed by atoms with E-state index < -0.39 is 21.3 Å². The third kappa shape index (κ3) is 3.26. The van der Waals surface area contributed by atoms with Gasteiger partial charge in [0.1, 0.15) is 16.9 Å². The van der Waals surface area contributed by atoms with E-state index in [9.17, 15) is 13.2 Å². The first kappa shape index (κ1) is 17.5. The fraction of sp³-hybridized carbons (Fsp3) is 0.222. The fourth-order valence-electron chi connectivity index (χ4n) is 3.22. The Labute approximate surface area is 155 Å². The van der Waals surface area contributed by atoms with Gasteiger partial charge in [-0.05, 0) is 30.3 Å². The number of pyridine rings is 1. The highest BCUT2D eigenvalue weighted by molar-refractivity contribution is 7.91. The molecule has 1 unspecified atom stereocenters. The zero-order chi connectivity index (χ0) is 19.2.